The second-order valence-electron chi connectivity index (χ2n) is 22.0. The van der Waals surface area contributed by atoms with Gasteiger partial charge < -0.3 is 11.5 Å². The van der Waals surface area contributed by atoms with Gasteiger partial charge in [-0.15, -0.1) is 0 Å². The van der Waals surface area contributed by atoms with Gasteiger partial charge in [0.05, 0.1) is 0 Å². The Bertz CT molecular complexity index is 1620. The van der Waals surface area contributed by atoms with E-state index in [0.717, 1.165) is 11.4 Å². The van der Waals surface area contributed by atoms with Crippen molar-refractivity contribution in [2.75, 3.05) is 11.5 Å². The van der Waals surface area contributed by atoms with E-state index in [1.54, 1.807) is 0 Å². The first kappa shape index (κ1) is 59.0. The lowest BCUT2D eigenvalue weighted by atomic mass is 9.86. The van der Waals surface area contributed by atoms with E-state index in [2.05, 4.69) is 111 Å². The van der Waals surface area contributed by atoms with Crippen molar-refractivity contribution in [3.05, 3.63) is 130 Å². The maximum absolute atomic E-state index is 6.07. The fraction of sp³-hybridized carbons (Fsp3) is 0.647. The largest absolute Gasteiger partial charge is 0.399 e. The molecule has 0 radical (unpaired) electrons. The van der Waals surface area contributed by atoms with Gasteiger partial charge in [0.15, 0.2) is 0 Å². The van der Waals surface area contributed by atoms with Gasteiger partial charge in [-0.3, -0.25) is 0 Å². The maximum Gasteiger partial charge on any atom is 0.0314 e. The van der Waals surface area contributed by atoms with Crippen LogP contribution >= 0.6 is 0 Å². The van der Waals surface area contributed by atoms with Crippen LogP contribution in [-0.2, 0) is 12.8 Å². The molecule has 4 rings (SSSR count). The lowest BCUT2D eigenvalue weighted by Crippen LogP contribution is -2.02. The highest BCUT2D eigenvalue weighted by atomic mass is 14.5. The molecule has 0 amide bonds. The summed E-state index contributed by atoms with van der Waals surface area (Å²) in [5, 5.41) is 0. The first-order valence-corrected chi connectivity index (χ1v) is 30.5. The third-order valence-electron chi connectivity index (χ3n) is 15.8. The summed E-state index contributed by atoms with van der Waals surface area (Å²) >= 11 is 0. The van der Waals surface area contributed by atoms with Crippen molar-refractivity contribution in [2.45, 2.75) is 283 Å². The van der Waals surface area contributed by atoms with Gasteiger partial charge in [-0.2, -0.15) is 0 Å². The number of unbranched alkanes of at least 4 members (excludes halogenated alkanes) is 33. The number of anilines is 2. The molecule has 0 bridgehead atoms. The van der Waals surface area contributed by atoms with Crippen LogP contribution in [0.1, 0.15) is 303 Å². The molecule has 0 spiro atoms. The predicted octanol–water partition coefficient (Wildman–Crippen LogP) is 21.8. The van der Waals surface area contributed by atoms with Crippen molar-refractivity contribution in [3.8, 4) is 0 Å². The Kier molecular flexibility index (Phi) is 33.8. The number of hydrogen-bond acceptors (Lipinski definition) is 2. The van der Waals surface area contributed by atoms with Crippen molar-refractivity contribution >= 4 is 11.4 Å². The summed E-state index contributed by atoms with van der Waals surface area (Å²) in [6.07, 6.45) is 55.1. The summed E-state index contributed by atoms with van der Waals surface area (Å²) in [4.78, 5) is 0. The van der Waals surface area contributed by atoms with Gasteiger partial charge in [0.2, 0.25) is 0 Å². The molecule has 0 aliphatic rings. The normalized spacial score (nSPS) is 12.4. The maximum atomic E-state index is 6.07. The van der Waals surface area contributed by atoms with E-state index in [-0.39, 0.29) is 0 Å². The topological polar surface area (TPSA) is 52.0 Å². The van der Waals surface area contributed by atoms with E-state index in [9.17, 15) is 0 Å². The minimum Gasteiger partial charge on any atom is -0.399 e. The average Bonchev–Trinajstić information content (AvgIpc) is 3.38. The highest BCUT2D eigenvalue weighted by Gasteiger charge is 2.16. The summed E-state index contributed by atoms with van der Waals surface area (Å²) in [5.41, 5.74) is 22.6. The SMILES string of the molecule is CCCCCCCCCCCCC(c1ccc(N)cc1)c1ccc(CCCCCCCCCCCCCCCCCCc2ccc(C(CCCCCCCCCCCC)c3ccc(N)cc3)cc2)cc1. The number of nitrogens with two attached hydrogens (primary N) is 2. The highest BCUT2D eigenvalue weighted by Crippen LogP contribution is 2.33. The zero-order valence-corrected chi connectivity index (χ0v) is 45.8. The first-order valence-electron chi connectivity index (χ1n) is 30.5. The summed E-state index contributed by atoms with van der Waals surface area (Å²) in [5.74, 6) is 0.937. The lowest BCUT2D eigenvalue weighted by Gasteiger charge is -2.19. The van der Waals surface area contributed by atoms with Crippen molar-refractivity contribution in [1.29, 1.82) is 0 Å². The van der Waals surface area contributed by atoms with E-state index in [4.69, 9.17) is 11.5 Å². The Balaban J connectivity index is 0.959. The molecule has 390 valence electrons. The van der Waals surface area contributed by atoms with Crippen LogP contribution < -0.4 is 11.5 Å². The minimum atomic E-state index is 0.469. The van der Waals surface area contributed by atoms with Gasteiger partial charge >= 0.3 is 0 Å². The minimum absolute atomic E-state index is 0.469. The number of rotatable bonds is 45. The summed E-state index contributed by atoms with van der Waals surface area (Å²) in [6.45, 7) is 4.61. The Morgan fingerprint density at radius 3 is 0.686 bits per heavy atom. The number of benzene rings is 4. The van der Waals surface area contributed by atoms with Crippen LogP contribution in [0.3, 0.4) is 0 Å². The highest BCUT2D eigenvalue weighted by molar-refractivity contribution is 5.44. The van der Waals surface area contributed by atoms with Crippen LogP contribution in [0.2, 0.25) is 0 Å². The van der Waals surface area contributed by atoms with Gasteiger partial charge in [0.25, 0.3) is 0 Å². The molecule has 2 heteroatoms. The van der Waals surface area contributed by atoms with Crippen LogP contribution in [0.5, 0.6) is 0 Å². The number of hydrogen-bond donors (Lipinski definition) is 2. The molecule has 70 heavy (non-hydrogen) atoms. The number of nitrogen functional groups attached to an aromatic ring is 2. The fourth-order valence-electron chi connectivity index (χ4n) is 11.1. The third-order valence-corrected chi connectivity index (χ3v) is 15.8. The molecule has 2 nitrogen and oxygen atoms in total. The molecule has 0 fully saturated rings. The predicted molar refractivity (Wildman–Crippen MR) is 312 cm³/mol. The first-order chi connectivity index (χ1) is 34.6. The Labute approximate surface area is 433 Å². The third kappa shape index (κ3) is 27.3. The fourth-order valence-corrected chi connectivity index (χ4v) is 11.1. The molecule has 2 unspecified atom stereocenters. The monoisotopic (exact) mass is 953 g/mol. The molecule has 0 saturated heterocycles. The van der Waals surface area contributed by atoms with E-state index >= 15 is 0 Å². The average molecular weight is 954 g/mol. The molecule has 4 N–H and O–H groups in total. The van der Waals surface area contributed by atoms with Gasteiger partial charge in [0.1, 0.15) is 0 Å². The standard InChI is InChI=1S/C68H108N2/c1-3-5-7-9-11-13-25-29-33-37-41-67(63-51-55-65(69)56-52-63)61-47-43-59(44-48-61)39-35-31-27-23-21-19-17-15-16-18-20-22-24-28-32-36-40-60-45-49-62(50-46-60)68(64-53-57-66(70)58-54-64)42-38-34-30-26-14-12-10-8-6-4-2/h43-58,67-68H,3-42,69-70H2,1-2H3. The summed E-state index contributed by atoms with van der Waals surface area (Å²) in [6, 6.07) is 36.7. The molecule has 0 saturated carbocycles. The Morgan fingerprint density at radius 1 is 0.243 bits per heavy atom. The zero-order chi connectivity index (χ0) is 49.4. The van der Waals surface area contributed by atoms with Crippen LogP contribution in [0, 0.1) is 0 Å². The molecule has 4 aromatic carbocycles. The Morgan fingerprint density at radius 2 is 0.443 bits per heavy atom. The molecule has 0 heterocycles. The zero-order valence-electron chi connectivity index (χ0n) is 45.8. The molecular weight excluding hydrogens is 845 g/mol. The smallest absolute Gasteiger partial charge is 0.0314 e. The van der Waals surface area contributed by atoms with Crippen molar-refractivity contribution in [1.82, 2.24) is 0 Å². The van der Waals surface area contributed by atoms with Crippen molar-refractivity contribution < 1.29 is 0 Å². The second-order valence-corrected chi connectivity index (χ2v) is 22.0. The quantitative estimate of drug-likeness (QED) is 0.0343. The molecule has 2 atom stereocenters. The lowest BCUT2D eigenvalue weighted by molar-refractivity contribution is 0.528. The van der Waals surface area contributed by atoms with Crippen LogP contribution in [0.15, 0.2) is 97.1 Å². The summed E-state index contributed by atoms with van der Waals surface area (Å²) < 4.78 is 0. The number of aryl methyl sites for hydroxylation is 2. The van der Waals surface area contributed by atoms with Crippen LogP contribution in [0.4, 0.5) is 11.4 Å². The Hall–Kier alpha value is -3.52. The van der Waals surface area contributed by atoms with Crippen molar-refractivity contribution in [3.63, 3.8) is 0 Å². The van der Waals surface area contributed by atoms with Crippen LogP contribution in [-0.4, -0.2) is 0 Å². The van der Waals surface area contributed by atoms with E-state index in [1.165, 1.54) is 290 Å². The van der Waals surface area contributed by atoms with Gasteiger partial charge in [-0.25, -0.2) is 0 Å². The van der Waals surface area contributed by atoms with E-state index < -0.39 is 0 Å². The van der Waals surface area contributed by atoms with Crippen LogP contribution in [0.25, 0.3) is 0 Å². The van der Waals surface area contributed by atoms with Gasteiger partial charge in [0, 0.05) is 23.2 Å². The molecule has 0 aliphatic carbocycles. The molecular formula is C68H108N2. The second kappa shape index (κ2) is 40.0. The molecule has 0 aliphatic heterocycles. The van der Waals surface area contributed by atoms with E-state index in [0.29, 0.717) is 11.8 Å². The van der Waals surface area contributed by atoms with Crippen molar-refractivity contribution in [2.24, 2.45) is 0 Å². The molecule has 0 aromatic heterocycles. The summed E-state index contributed by atoms with van der Waals surface area (Å²) in [7, 11) is 0. The van der Waals surface area contributed by atoms with E-state index in [1.807, 2.05) is 0 Å². The van der Waals surface area contributed by atoms with Gasteiger partial charge in [-0.05, 0) is 96.2 Å². The van der Waals surface area contributed by atoms with Gasteiger partial charge in [-0.1, -0.05) is 305 Å². The molecule has 4 aromatic rings.